The number of halogens is 1. The molecule has 1 fully saturated rings. The van der Waals surface area contributed by atoms with Crippen molar-refractivity contribution in [1.82, 2.24) is 10.4 Å². The number of carbonyl (C=O) groups excluding carboxylic acids is 1. The number of carbonyl (C=O) groups is 1. The number of hydrogen-bond acceptors (Lipinski definition) is 5. The summed E-state index contributed by atoms with van der Waals surface area (Å²) in [6.07, 6.45) is 2.52. The van der Waals surface area contributed by atoms with Crippen LogP contribution in [0.5, 0.6) is 0 Å². The van der Waals surface area contributed by atoms with Crippen molar-refractivity contribution < 1.29 is 14.0 Å². The van der Waals surface area contributed by atoms with Gasteiger partial charge in [0, 0.05) is 43.7 Å². The van der Waals surface area contributed by atoms with Crippen LogP contribution < -0.4 is 10.4 Å². The minimum Gasteiger partial charge on any atom is -0.462 e. The second-order valence-corrected chi connectivity index (χ2v) is 9.28. The Labute approximate surface area is 201 Å². The summed E-state index contributed by atoms with van der Waals surface area (Å²) in [5.41, 5.74) is 5.27. The summed E-state index contributed by atoms with van der Waals surface area (Å²) in [5.74, 6) is -0.245. The zero-order valence-electron chi connectivity index (χ0n) is 18.2. The first kappa shape index (κ1) is 21.9. The molecule has 0 bridgehead atoms. The average molecular weight is 508 g/mol. The van der Waals surface area contributed by atoms with Gasteiger partial charge in [-0.1, -0.05) is 58.4 Å². The van der Waals surface area contributed by atoms with Crippen LogP contribution in [0.25, 0.3) is 21.7 Å². The molecule has 5 rings (SSSR count). The molecule has 1 N–H and O–H groups in total. The highest BCUT2D eigenvalue weighted by Crippen LogP contribution is 2.28. The quantitative estimate of drug-likeness (QED) is 0.276. The van der Waals surface area contributed by atoms with Gasteiger partial charge in [-0.05, 0) is 41.5 Å². The number of hydrogen-bond donors (Lipinski definition) is 1. The number of nitrogens with one attached hydrogen (secondary N) is 1. The van der Waals surface area contributed by atoms with Gasteiger partial charge in [0.05, 0.1) is 12.0 Å². The van der Waals surface area contributed by atoms with Gasteiger partial charge in [0.1, 0.15) is 5.01 Å². The van der Waals surface area contributed by atoms with E-state index in [9.17, 15) is 4.79 Å². The molecule has 1 aromatic heterocycles. The molecule has 33 heavy (non-hydrogen) atoms. The smallest absolute Gasteiger partial charge is 0.274 e. The summed E-state index contributed by atoms with van der Waals surface area (Å²) in [7, 11) is 0. The van der Waals surface area contributed by atoms with Gasteiger partial charge in [-0.15, -0.1) is 0 Å². The van der Waals surface area contributed by atoms with Gasteiger partial charge in [0.2, 0.25) is 0 Å². The molecule has 170 valence electrons. The van der Waals surface area contributed by atoms with Gasteiger partial charge in [-0.2, -0.15) is 0 Å². The molecule has 1 atom stereocenters. The number of furan rings is 1. The van der Waals surface area contributed by atoms with E-state index in [-0.39, 0.29) is 10.9 Å². The van der Waals surface area contributed by atoms with Crippen LogP contribution >= 0.6 is 15.9 Å². The Balaban J connectivity index is 1.07. The van der Waals surface area contributed by atoms with Crippen LogP contribution in [0.4, 0.5) is 5.69 Å². The Kier molecular flexibility index (Phi) is 6.62. The summed E-state index contributed by atoms with van der Waals surface area (Å²) < 4.78 is 5.69. The van der Waals surface area contributed by atoms with E-state index in [0.717, 1.165) is 66.6 Å². The predicted molar refractivity (Wildman–Crippen MR) is 135 cm³/mol. The molecule has 0 radical (unpaired) electrons. The van der Waals surface area contributed by atoms with Crippen LogP contribution in [-0.2, 0) is 4.84 Å². The van der Waals surface area contributed by atoms with Crippen LogP contribution in [0, 0.1) is 0 Å². The average Bonchev–Trinajstić information content (AvgIpc) is 3.35. The topological polar surface area (TPSA) is 58.0 Å². The third-order valence-electron chi connectivity index (χ3n) is 6.13. The lowest BCUT2D eigenvalue weighted by molar-refractivity contribution is 0.0169. The van der Waals surface area contributed by atoms with Crippen LogP contribution in [0.15, 0.2) is 77.4 Å². The van der Waals surface area contributed by atoms with Gasteiger partial charge in [0.25, 0.3) is 5.91 Å². The summed E-state index contributed by atoms with van der Waals surface area (Å²) in [5, 5.41) is 3.02. The predicted octanol–water partition coefficient (Wildman–Crippen LogP) is 5.18. The zero-order valence-corrected chi connectivity index (χ0v) is 19.8. The van der Waals surface area contributed by atoms with E-state index in [1.165, 1.54) is 0 Å². The fourth-order valence-corrected chi connectivity index (χ4v) is 4.59. The molecule has 1 aliphatic rings. The van der Waals surface area contributed by atoms with Gasteiger partial charge >= 0.3 is 0 Å². The molecular formula is C26H26BrN3O3. The highest BCUT2D eigenvalue weighted by Gasteiger charge is 2.20. The van der Waals surface area contributed by atoms with Gasteiger partial charge in [-0.3, -0.25) is 14.5 Å². The number of hydroxylamine groups is 1. The molecule has 1 aliphatic heterocycles. The van der Waals surface area contributed by atoms with E-state index >= 15 is 0 Å². The number of amides is 1. The molecule has 0 saturated carbocycles. The number of para-hydroxylation sites is 1. The third kappa shape index (κ3) is 5.05. The fraction of sp³-hybridized carbons (Fsp3) is 0.269. The summed E-state index contributed by atoms with van der Waals surface area (Å²) in [6.45, 7) is 4.74. The van der Waals surface area contributed by atoms with Crippen molar-refractivity contribution in [3.05, 3.63) is 78.6 Å². The number of alkyl halides is 1. The van der Waals surface area contributed by atoms with E-state index in [1.807, 2.05) is 48.5 Å². The maximum Gasteiger partial charge on any atom is 0.274 e. The molecule has 4 aromatic rings. The van der Waals surface area contributed by atoms with Gasteiger partial charge < -0.3 is 9.32 Å². The van der Waals surface area contributed by atoms with Crippen molar-refractivity contribution in [2.75, 3.05) is 37.6 Å². The molecular weight excluding hydrogens is 482 g/mol. The maximum atomic E-state index is 12.5. The lowest BCUT2D eigenvalue weighted by atomic mass is 10.1. The van der Waals surface area contributed by atoms with Crippen molar-refractivity contribution in [3.63, 3.8) is 0 Å². The summed E-state index contributed by atoms with van der Waals surface area (Å²) >= 11 is 3.53. The van der Waals surface area contributed by atoms with Crippen molar-refractivity contribution in [3.8, 4) is 0 Å². The molecule has 1 unspecified atom stereocenters. The molecule has 2 heterocycles. The van der Waals surface area contributed by atoms with E-state index < -0.39 is 0 Å². The van der Waals surface area contributed by atoms with Crippen molar-refractivity contribution in [2.24, 2.45) is 0 Å². The maximum absolute atomic E-state index is 12.5. The largest absolute Gasteiger partial charge is 0.462 e. The Morgan fingerprint density at radius 3 is 2.61 bits per heavy atom. The fourth-order valence-electron chi connectivity index (χ4n) is 4.29. The standard InChI is InChI=1S/C26H26BrN3O3/c27-24(33-28-26(31)22-9-8-19-4-1-2-5-21(19)18-22)10-12-29-13-15-30(16-14-29)23-7-3-6-20-11-17-32-25(20)23/h1-9,11,17-18,24H,10,12-16H2,(H,28,31). The molecule has 7 heteroatoms. The van der Waals surface area contributed by atoms with E-state index in [4.69, 9.17) is 9.25 Å². The molecule has 0 spiro atoms. The highest BCUT2D eigenvalue weighted by molar-refractivity contribution is 9.09. The lowest BCUT2D eigenvalue weighted by Gasteiger charge is -2.36. The summed E-state index contributed by atoms with van der Waals surface area (Å²) in [4.78, 5) is 22.8. The third-order valence-corrected chi connectivity index (χ3v) is 6.78. The first-order valence-corrected chi connectivity index (χ1v) is 12.1. The Hall–Kier alpha value is -2.87. The molecule has 3 aromatic carbocycles. The minimum absolute atomic E-state index is 0.245. The van der Waals surface area contributed by atoms with Gasteiger partial charge in [-0.25, -0.2) is 5.48 Å². The Morgan fingerprint density at radius 1 is 0.970 bits per heavy atom. The normalized spacial score (nSPS) is 15.7. The van der Waals surface area contributed by atoms with Crippen LogP contribution in [0.1, 0.15) is 16.8 Å². The number of piperazine rings is 1. The first-order valence-electron chi connectivity index (χ1n) is 11.2. The Morgan fingerprint density at radius 2 is 1.76 bits per heavy atom. The van der Waals surface area contributed by atoms with Crippen LogP contribution in [0.2, 0.25) is 0 Å². The molecule has 1 saturated heterocycles. The summed E-state index contributed by atoms with van der Waals surface area (Å²) in [6, 6.07) is 21.9. The Bertz CT molecular complexity index is 1250. The second kappa shape index (κ2) is 9.95. The molecule has 0 aliphatic carbocycles. The van der Waals surface area contributed by atoms with Gasteiger partial charge in [0.15, 0.2) is 5.58 Å². The molecule has 6 nitrogen and oxygen atoms in total. The number of fused-ring (bicyclic) bond motifs is 2. The lowest BCUT2D eigenvalue weighted by Crippen LogP contribution is -2.47. The first-order chi connectivity index (χ1) is 16.2. The van der Waals surface area contributed by atoms with E-state index in [2.05, 4.69) is 49.4 Å². The monoisotopic (exact) mass is 507 g/mol. The van der Waals surface area contributed by atoms with E-state index in [0.29, 0.717) is 5.56 Å². The number of rotatable bonds is 7. The number of benzene rings is 3. The van der Waals surface area contributed by atoms with Crippen LogP contribution in [0.3, 0.4) is 0 Å². The molecule has 1 amide bonds. The van der Waals surface area contributed by atoms with E-state index in [1.54, 1.807) is 6.26 Å². The second-order valence-electron chi connectivity index (χ2n) is 8.25. The van der Waals surface area contributed by atoms with Crippen molar-refractivity contribution in [2.45, 2.75) is 11.4 Å². The van der Waals surface area contributed by atoms with Crippen molar-refractivity contribution in [1.29, 1.82) is 0 Å². The highest BCUT2D eigenvalue weighted by atomic mass is 79.9. The van der Waals surface area contributed by atoms with Crippen LogP contribution in [-0.4, -0.2) is 48.5 Å². The number of anilines is 1. The minimum atomic E-state index is -0.253. The van der Waals surface area contributed by atoms with Crippen molar-refractivity contribution >= 4 is 49.3 Å². The number of nitrogens with zero attached hydrogens (tertiary/aromatic N) is 2. The zero-order chi connectivity index (χ0) is 22.6. The SMILES string of the molecule is O=C(NOC(Br)CCN1CCN(c2cccc3ccoc23)CC1)c1ccc2ccccc2c1.